The van der Waals surface area contributed by atoms with E-state index in [9.17, 15) is 14.4 Å². The van der Waals surface area contributed by atoms with Crippen molar-refractivity contribution in [3.63, 3.8) is 0 Å². The number of nitrogens with zero attached hydrogens (tertiary/aromatic N) is 3. The Labute approximate surface area is 221 Å². The maximum absolute atomic E-state index is 13.5. The normalized spacial score (nSPS) is 20.9. The number of carboxylic acid groups (broad SMARTS) is 1. The van der Waals surface area contributed by atoms with E-state index < -0.39 is 5.97 Å². The first-order valence-electron chi connectivity index (χ1n) is 13.2. The Morgan fingerprint density at radius 3 is 2.37 bits per heavy atom. The number of anilines is 2. The monoisotopic (exact) mass is 517 g/mol. The summed E-state index contributed by atoms with van der Waals surface area (Å²) in [6.07, 6.45) is 0. The SMILES string of the molecule is Cc1cc(C(C)Nc2ccc(C(=O)O)cc2)c2nc(N3CC4C(C3)C4C(=O)NCC(C)C)n(C)c(=O)c2c1. The van der Waals surface area contributed by atoms with Crippen molar-refractivity contribution in [3.05, 3.63) is 63.4 Å². The fraction of sp³-hybridized carbons (Fsp3) is 0.448. The fourth-order valence-electron chi connectivity index (χ4n) is 5.69. The van der Waals surface area contributed by atoms with E-state index in [4.69, 9.17) is 10.1 Å². The van der Waals surface area contributed by atoms with E-state index in [2.05, 4.69) is 29.4 Å². The van der Waals surface area contributed by atoms with Gasteiger partial charge in [-0.25, -0.2) is 9.78 Å². The number of hydrogen-bond donors (Lipinski definition) is 3. The molecule has 1 saturated heterocycles. The van der Waals surface area contributed by atoms with Crippen LogP contribution in [0.2, 0.25) is 0 Å². The van der Waals surface area contributed by atoms with Crippen LogP contribution < -0.4 is 21.1 Å². The van der Waals surface area contributed by atoms with Crippen LogP contribution in [-0.2, 0) is 11.8 Å². The number of aromatic carboxylic acids is 1. The Balaban J connectivity index is 1.41. The molecule has 2 aromatic carbocycles. The molecule has 1 aliphatic heterocycles. The first-order chi connectivity index (χ1) is 18.0. The van der Waals surface area contributed by atoms with Crippen molar-refractivity contribution in [2.45, 2.75) is 33.7 Å². The summed E-state index contributed by atoms with van der Waals surface area (Å²) in [5.41, 5.74) is 3.43. The van der Waals surface area contributed by atoms with Gasteiger partial charge in [0, 0.05) is 43.9 Å². The predicted octanol–water partition coefficient (Wildman–Crippen LogP) is 3.57. The van der Waals surface area contributed by atoms with Gasteiger partial charge in [0.25, 0.3) is 5.56 Å². The molecule has 3 aromatic rings. The van der Waals surface area contributed by atoms with Crippen molar-refractivity contribution < 1.29 is 14.7 Å². The molecule has 3 N–H and O–H groups in total. The standard InChI is InChI=1S/C29H35N5O4/c1-15(2)12-30-26(35)24-22-13-34(14-23(22)24)29-32-25-20(10-16(3)11-21(25)27(36)33(29)5)17(4)31-19-8-6-18(7-9-19)28(37)38/h6-11,15,17,22-24,31H,12-14H2,1-5H3,(H,30,35)(H,37,38). The summed E-state index contributed by atoms with van der Waals surface area (Å²) in [6.45, 7) is 10.2. The highest BCUT2D eigenvalue weighted by Gasteiger charge is 2.59. The molecular formula is C29H35N5O4. The van der Waals surface area contributed by atoms with Crippen molar-refractivity contribution >= 4 is 34.4 Å². The topological polar surface area (TPSA) is 117 Å². The van der Waals surface area contributed by atoms with E-state index in [0.717, 1.165) is 16.8 Å². The molecule has 2 fully saturated rings. The Bertz CT molecular complexity index is 1450. The summed E-state index contributed by atoms with van der Waals surface area (Å²) in [5, 5.41) is 16.2. The number of carbonyl (C=O) groups is 2. The van der Waals surface area contributed by atoms with Crippen molar-refractivity contribution in [2.75, 3.05) is 29.9 Å². The molecule has 38 heavy (non-hydrogen) atoms. The van der Waals surface area contributed by atoms with Crippen LogP contribution in [0.25, 0.3) is 10.9 Å². The maximum Gasteiger partial charge on any atom is 0.335 e. The third kappa shape index (κ3) is 4.73. The highest BCUT2D eigenvalue weighted by Crippen LogP contribution is 2.52. The lowest BCUT2D eigenvalue weighted by Crippen LogP contribution is -2.36. The van der Waals surface area contributed by atoms with Crippen molar-refractivity contribution in [2.24, 2.45) is 30.7 Å². The fourth-order valence-corrected chi connectivity index (χ4v) is 5.69. The third-order valence-electron chi connectivity index (χ3n) is 7.78. The van der Waals surface area contributed by atoms with E-state index in [1.807, 2.05) is 26.0 Å². The lowest BCUT2D eigenvalue weighted by molar-refractivity contribution is -0.123. The van der Waals surface area contributed by atoms with Crippen LogP contribution in [0.15, 0.2) is 41.2 Å². The molecule has 9 heteroatoms. The van der Waals surface area contributed by atoms with Gasteiger partial charge in [0.1, 0.15) is 0 Å². The third-order valence-corrected chi connectivity index (χ3v) is 7.78. The number of carboxylic acids is 1. The van der Waals surface area contributed by atoms with Crippen LogP contribution in [0.4, 0.5) is 11.6 Å². The zero-order valence-corrected chi connectivity index (χ0v) is 22.5. The molecule has 1 saturated carbocycles. The Hall–Kier alpha value is -3.88. The predicted molar refractivity (Wildman–Crippen MR) is 148 cm³/mol. The van der Waals surface area contributed by atoms with Crippen molar-refractivity contribution in [1.82, 2.24) is 14.9 Å². The molecule has 0 spiro atoms. The first-order valence-corrected chi connectivity index (χ1v) is 13.2. The van der Waals surface area contributed by atoms with Gasteiger partial charge < -0.3 is 20.6 Å². The molecule has 2 aliphatic rings. The second kappa shape index (κ2) is 9.78. The maximum atomic E-state index is 13.5. The minimum Gasteiger partial charge on any atom is -0.478 e. The van der Waals surface area contributed by atoms with E-state index >= 15 is 0 Å². The van der Waals surface area contributed by atoms with Gasteiger partial charge in [-0.2, -0.15) is 0 Å². The summed E-state index contributed by atoms with van der Waals surface area (Å²) in [7, 11) is 1.76. The van der Waals surface area contributed by atoms with Gasteiger partial charge in [0.2, 0.25) is 11.9 Å². The van der Waals surface area contributed by atoms with Gasteiger partial charge in [-0.1, -0.05) is 19.9 Å². The lowest BCUT2D eigenvalue weighted by atomic mass is 10.0. The number of nitrogens with one attached hydrogen (secondary N) is 2. The summed E-state index contributed by atoms with van der Waals surface area (Å²) < 4.78 is 1.62. The number of aryl methyl sites for hydroxylation is 1. The molecule has 0 bridgehead atoms. The average Bonchev–Trinajstić information content (AvgIpc) is 3.38. The molecule has 1 aromatic heterocycles. The van der Waals surface area contributed by atoms with Crippen LogP contribution >= 0.6 is 0 Å². The van der Waals surface area contributed by atoms with Crippen LogP contribution in [-0.4, -0.2) is 46.2 Å². The lowest BCUT2D eigenvalue weighted by Gasteiger charge is -2.25. The molecule has 5 rings (SSSR count). The van der Waals surface area contributed by atoms with E-state index in [1.165, 1.54) is 0 Å². The first kappa shape index (κ1) is 25.8. The van der Waals surface area contributed by atoms with Crippen LogP contribution in [0.1, 0.15) is 48.3 Å². The Morgan fingerprint density at radius 2 is 1.76 bits per heavy atom. The summed E-state index contributed by atoms with van der Waals surface area (Å²) in [4.78, 5) is 44.4. The second-order valence-corrected chi connectivity index (χ2v) is 11.2. The van der Waals surface area contributed by atoms with Gasteiger partial charge in [-0.15, -0.1) is 0 Å². The zero-order valence-electron chi connectivity index (χ0n) is 22.5. The van der Waals surface area contributed by atoms with Crippen LogP contribution in [0.5, 0.6) is 0 Å². The highest BCUT2D eigenvalue weighted by atomic mass is 16.4. The summed E-state index contributed by atoms with van der Waals surface area (Å²) in [5.74, 6) is 0.857. The molecule has 1 amide bonds. The van der Waals surface area contributed by atoms with Crippen molar-refractivity contribution in [1.29, 1.82) is 0 Å². The number of fused-ring (bicyclic) bond motifs is 2. The van der Waals surface area contributed by atoms with Gasteiger partial charge in [-0.3, -0.25) is 14.2 Å². The number of piperidine rings is 1. The molecular weight excluding hydrogens is 482 g/mol. The van der Waals surface area contributed by atoms with Gasteiger partial charge in [-0.05, 0) is 67.5 Å². The van der Waals surface area contributed by atoms with Crippen LogP contribution in [0, 0.1) is 30.6 Å². The smallest absolute Gasteiger partial charge is 0.335 e. The largest absolute Gasteiger partial charge is 0.478 e. The van der Waals surface area contributed by atoms with Gasteiger partial charge in [0.15, 0.2) is 0 Å². The van der Waals surface area contributed by atoms with E-state index in [0.29, 0.717) is 54.2 Å². The molecule has 1 aliphatic carbocycles. The minimum absolute atomic E-state index is 0.0532. The number of amides is 1. The Kier molecular flexibility index (Phi) is 6.63. The zero-order chi connectivity index (χ0) is 27.3. The van der Waals surface area contributed by atoms with Gasteiger partial charge >= 0.3 is 5.97 Å². The van der Waals surface area contributed by atoms with Crippen molar-refractivity contribution in [3.8, 4) is 0 Å². The Morgan fingerprint density at radius 1 is 1.11 bits per heavy atom. The minimum atomic E-state index is -0.969. The number of benzene rings is 2. The molecule has 3 atom stereocenters. The molecule has 3 unspecified atom stereocenters. The van der Waals surface area contributed by atoms with Gasteiger partial charge in [0.05, 0.1) is 22.5 Å². The molecule has 200 valence electrons. The summed E-state index contributed by atoms with van der Waals surface area (Å²) in [6, 6.07) is 10.3. The molecule has 2 heterocycles. The highest BCUT2D eigenvalue weighted by molar-refractivity contribution is 5.88. The van der Waals surface area contributed by atoms with E-state index in [-0.39, 0.29) is 29.0 Å². The second-order valence-electron chi connectivity index (χ2n) is 11.2. The molecule has 9 nitrogen and oxygen atoms in total. The number of rotatable bonds is 8. The molecule has 0 radical (unpaired) electrons. The quantitative estimate of drug-likeness (QED) is 0.418. The number of carbonyl (C=O) groups excluding carboxylic acids is 1. The van der Waals surface area contributed by atoms with E-state index in [1.54, 1.807) is 35.9 Å². The average molecular weight is 518 g/mol. The number of aromatic nitrogens is 2. The summed E-state index contributed by atoms with van der Waals surface area (Å²) >= 11 is 0. The van der Waals surface area contributed by atoms with Crippen LogP contribution in [0.3, 0.4) is 0 Å². The number of hydrogen-bond acceptors (Lipinski definition) is 6.